The summed E-state index contributed by atoms with van der Waals surface area (Å²) in [5, 5.41) is 0. The molecule has 9 heteroatoms. The van der Waals surface area contributed by atoms with Crippen LogP contribution in [0.3, 0.4) is 0 Å². The molecule has 2 fully saturated rings. The minimum Gasteiger partial charge on any atom is -0.465 e. The average Bonchev–Trinajstić information content (AvgIpc) is 3.37. The minimum atomic E-state index is -1.76. The van der Waals surface area contributed by atoms with Crippen LogP contribution in [0, 0.1) is 0 Å². The molecule has 0 saturated carbocycles. The van der Waals surface area contributed by atoms with E-state index in [2.05, 4.69) is 0 Å². The molecule has 0 N–H and O–H groups in total. The number of benzene rings is 1. The molecule has 0 spiro atoms. The summed E-state index contributed by atoms with van der Waals surface area (Å²) in [7, 11) is 1.18. The molecule has 0 unspecified atom stereocenters. The summed E-state index contributed by atoms with van der Waals surface area (Å²) in [5.41, 5.74) is 0.831. The fourth-order valence-corrected chi connectivity index (χ4v) is 2.97. The van der Waals surface area contributed by atoms with Crippen molar-refractivity contribution in [2.75, 3.05) is 7.11 Å². The monoisotopic (exact) mass is 380 g/mol. The van der Waals surface area contributed by atoms with Crippen molar-refractivity contribution in [3.05, 3.63) is 35.9 Å². The fraction of sp³-hybridized carbons (Fsp3) is 0.500. The van der Waals surface area contributed by atoms with Crippen molar-refractivity contribution in [1.82, 2.24) is 0 Å². The Labute approximate surface area is 155 Å². The van der Waals surface area contributed by atoms with E-state index in [0.717, 1.165) is 5.56 Å². The summed E-state index contributed by atoms with van der Waals surface area (Å²) in [6.07, 6.45) is -4.37. The first-order valence-electron chi connectivity index (χ1n) is 8.31. The van der Waals surface area contributed by atoms with Gasteiger partial charge in [-0.15, -0.1) is 0 Å². The van der Waals surface area contributed by atoms with Crippen molar-refractivity contribution in [2.45, 2.75) is 50.8 Å². The van der Waals surface area contributed by atoms with Crippen LogP contribution in [0.25, 0.3) is 0 Å². The number of ether oxygens (including phenoxy) is 6. The highest BCUT2D eigenvalue weighted by molar-refractivity contribution is 5.82. The van der Waals surface area contributed by atoms with Crippen LogP contribution in [0.4, 0.5) is 0 Å². The molecule has 1 aromatic rings. The maximum atomic E-state index is 12.1. The lowest BCUT2D eigenvalue weighted by Gasteiger charge is -2.36. The van der Waals surface area contributed by atoms with Gasteiger partial charge in [-0.1, -0.05) is 30.3 Å². The highest BCUT2D eigenvalue weighted by Crippen LogP contribution is 2.49. The summed E-state index contributed by atoms with van der Waals surface area (Å²) in [6, 6.07) is 9.19. The normalized spacial score (nSPS) is 31.4. The van der Waals surface area contributed by atoms with E-state index in [1.54, 1.807) is 0 Å². The Balaban J connectivity index is 1.84. The third-order valence-corrected chi connectivity index (χ3v) is 4.13. The molecule has 9 nitrogen and oxygen atoms in total. The molecule has 0 radical (unpaired) electrons. The third kappa shape index (κ3) is 3.95. The first-order valence-corrected chi connectivity index (χ1v) is 8.31. The number of esters is 3. The molecular formula is C18H20O9. The van der Waals surface area contributed by atoms with E-state index in [4.69, 9.17) is 28.4 Å². The zero-order valence-electron chi connectivity index (χ0n) is 15.1. The highest BCUT2D eigenvalue weighted by Gasteiger charge is 2.76. The van der Waals surface area contributed by atoms with Crippen LogP contribution in [-0.4, -0.2) is 55.4 Å². The lowest BCUT2D eigenvalue weighted by Crippen LogP contribution is -2.57. The van der Waals surface area contributed by atoms with Crippen molar-refractivity contribution in [3.8, 4) is 0 Å². The van der Waals surface area contributed by atoms with E-state index in [0.29, 0.717) is 0 Å². The maximum absolute atomic E-state index is 12.1. The Kier molecular flexibility index (Phi) is 5.45. The summed E-state index contributed by atoms with van der Waals surface area (Å²) in [6.45, 7) is 2.51. The number of fused-ring (bicyclic) bond motifs is 1. The van der Waals surface area contributed by atoms with Gasteiger partial charge in [-0.25, -0.2) is 4.79 Å². The van der Waals surface area contributed by atoms with E-state index in [1.807, 2.05) is 30.3 Å². The zero-order valence-corrected chi connectivity index (χ0v) is 15.1. The predicted octanol–water partition coefficient (Wildman–Crippen LogP) is 0.691. The molecule has 2 heterocycles. The Morgan fingerprint density at radius 3 is 2.22 bits per heavy atom. The highest BCUT2D eigenvalue weighted by atomic mass is 16.9. The summed E-state index contributed by atoms with van der Waals surface area (Å²) in [4.78, 5) is 35.2. The topological polar surface area (TPSA) is 110 Å². The molecule has 0 amide bonds. The van der Waals surface area contributed by atoms with Crippen LogP contribution in [-0.2, 0) is 49.4 Å². The van der Waals surface area contributed by atoms with Crippen molar-refractivity contribution < 1.29 is 42.8 Å². The van der Waals surface area contributed by atoms with E-state index in [-0.39, 0.29) is 6.61 Å². The Bertz CT molecular complexity index is 719. The first-order chi connectivity index (χ1) is 12.9. The second kappa shape index (κ2) is 7.63. The second-order valence-corrected chi connectivity index (χ2v) is 6.13. The predicted molar refractivity (Wildman–Crippen MR) is 86.8 cm³/mol. The number of epoxide rings is 1. The molecule has 2 aliphatic heterocycles. The Hall–Kier alpha value is -2.49. The van der Waals surface area contributed by atoms with E-state index >= 15 is 0 Å². The zero-order chi connectivity index (χ0) is 19.6. The average molecular weight is 380 g/mol. The number of methoxy groups -OCH3 is 1. The van der Waals surface area contributed by atoms with Crippen LogP contribution < -0.4 is 0 Å². The van der Waals surface area contributed by atoms with Crippen molar-refractivity contribution >= 4 is 17.9 Å². The first kappa shape index (κ1) is 19.3. The molecule has 146 valence electrons. The molecule has 0 aromatic heterocycles. The van der Waals surface area contributed by atoms with Gasteiger partial charge in [0.05, 0.1) is 13.7 Å². The van der Waals surface area contributed by atoms with Gasteiger partial charge in [-0.05, 0) is 5.56 Å². The van der Waals surface area contributed by atoms with E-state index in [1.165, 1.54) is 21.0 Å². The standard InChI is InChI=1S/C18H20O9/c1-10(19)24-13-14(25-11(2)20)16(23-9-12-7-5-4-6-8-12)27-18(15(13)26-18)17(21)22-3/h4-8,13-16H,9H2,1-3H3/t13-,14-,15+,16-,18+/m1/s1. The smallest absolute Gasteiger partial charge is 0.369 e. The molecular weight excluding hydrogens is 360 g/mol. The molecule has 0 aliphatic carbocycles. The van der Waals surface area contributed by atoms with E-state index in [9.17, 15) is 14.4 Å². The quantitative estimate of drug-likeness (QED) is 0.400. The largest absolute Gasteiger partial charge is 0.465 e. The lowest BCUT2D eigenvalue weighted by molar-refractivity contribution is -0.281. The van der Waals surface area contributed by atoms with Gasteiger partial charge in [-0.3, -0.25) is 9.59 Å². The Morgan fingerprint density at radius 1 is 1.00 bits per heavy atom. The molecule has 0 bridgehead atoms. The van der Waals surface area contributed by atoms with Crippen LogP contribution in [0.2, 0.25) is 0 Å². The number of hydrogen-bond acceptors (Lipinski definition) is 9. The number of rotatable bonds is 6. The minimum absolute atomic E-state index is 0.109. The van der Waals surface area contributed by atoms with Crippen LogP contribution in [0.5, 0.6) is 0 Å². The van der Waals surface area contributed by atoms with Gasteiger partial charge in [-0.2, -0.15) is 0 Å². The number of carbonyl (C=O) groups excluding carboxylic acids is 3. The van der Waals surface area contributed by atoms with Crippen molar-refractivity contribution in [2.24, 2.45) is 0 Å². The van der Waals surface area contributed by atoms with E-state index < -0.39 is 48.3 Å². The maximum Gasteiger partial charge on any atom is 0.369 e. The summed E-state index contributed by atoms with van der Waals surface area (Å²) < 4.78 is 32.0. The van der Waals surface area contributed by atoms with Crippen LogP contribution in [0.1, 0.15) is 19.4 Å². The molecule has 2 saturated heterocycles. The second-order valence-electron chi connectivity index (χ2n) is 6.13. The van der Waals surface area contributed by atoms with Crippen LogP contribution >= 0.6 is 0 Å². The molecule has 3 rings (SSSR count). The van der Waals surface area contributed by atoms with Gasteiger partial charge < -0.3 is 28.4 Å². The molecule has 5 atom stereocenters. The van der Waals surface area contributed by atoms with Crippen LogP contribution in [0.15, 0.2) is 30.3 Å². The number of hydrogen-bond donors (Lipinski definition) is 0. The summed E-state index contributed by atoms with van der Waals surface area (Å²) >= 11 is 0. The fourth-order valence-electron chi connectivity index (χ4n) is 2.97. The van der Waals surface area contributed by atoms with Gasteiger partial charge in [0.25, 0.3) is 0 Å². The van der Waals surface area contributed by atoms with Gasteiger partial charge in [0, 0.05) is 13.8 Å². The lowest BCUT2D eigenvalue weighted by atomic mass is 10.0. The molecule has 2 aliphatic rings. The Morgan fingerprint density at radius 2 is 1.63 bits per heavy atom. The van der Waals surface area contributed by atoms with Gasteiger partial charge in [0.1, 0.15) is 0 Å². The van der Waals surface area contributed by atoms with Gasteiger partial charge >= 0.3 is 23.7 Å². The van der Waals surface area contributed by atoms with Gasteiger partial charge in [0.15, 0.2) is 18.3 Å². The molecule has 1 aromatic carbocycles. The third-order valence-electron chi connectivity index (χ3n) is 4.13. The molecule has 27 heavy (non-hydrogen) atoms. The number of carbonyl (C=O) groups is 3. The van der Waals surface area contributed by atoms with Crippen molar-refractivity contribution in [1.29, 1.82) is 0 Å². The SMILES string of the molecule is COC(=O)[C@@]12O[C@@H](OCc3ccccc3)[C@H](OC(C)=O)[C@@H](OC(C)=O)[C@@H]1O2. The summed E-state index contributed by atoms with van der Waals surface area (Å²) in [5.74, 6) is -3.80. The van der Waals surface area contributed by atoms with Gasteiger partial charge in [0.2, 0.25) is 6.29 Å². The van der Waals surface area contributed by atoms with Crippen molar-refractivity contribution in [3.63, 3.8) is 0 Å².